The molecule has 2 aromatic heterocycles. The molecule has 134 valence electrons. The Morgan fingerprint density at radius 2 is 2.04 bits per heavy atom. The number of carbonyl (C=O) groups is 1. The Hall–Kier alpha value is -1.99. The van der Waals surface area contributed by atoms with Crippen LogP contribution in [0.15, 0.2) is 29.2 Å². The van der Waals surface area contributed by atoms with Gasteiger partial charge < -0.3 is 14.5 Å². The van der Waals surface area contributed by atoms with Gasteiger partial charge in [-0.1, -0.05) is 13.8 Å². The van der Waals surface area contributed by atoms with Crippen LogP contribution in [-0.4, -0.2) is 53.6 Å². The van der Waals surface area contributed by atoms with Crippen LogP contribution in [0.2, 0.25) is 0 Å². The van der Waals surface area contributed by atoms with Crippen LogP contribution in [-0.2, 0) is 11.3 Å². The first-order chi connectivity index (χ1) is 12.1. The number of thiophene rings is 1. The smallest absolute Gasteiger partial charge is 0.257 e. The molecule has 1 aliphatic rings. The minimum atomic E-state index is -0.0200. The van der Waals surface area contributed by atoms with Crippen LogP contribution in [0.25, 0.3) is 0 Å². The molecule has 25 heavy (non-hydrogen) atoms. The molecule has 1 amide bonds. The van der Waals surface area contributed by atoms with E-state index in [1.165, 1.54) is 0 Å². The first kappa shape index (κ1) is 17.8. The summed E-state index contributed by atoms with van der Waals surface area (Å²) in [5, 5.41) is 4.12. The number of aromatic nitrogens is 2. The van der Waals surface area contributed by atoms with Crippen molar-refractivity contribution in [2.45, 2.75) is 20.4 Å². The summed E-state index contributed by atoms with van der Waals surface area (Å²) in [6.07, 6.45) is 3.28. The molecule has 0 aromatic carbocycles. The van der Waals surface area contributed by atoms with Gasteiger partial charge in [0.15, 0.2) is 0 Å². The summed E-state index contributed by atoms with van der Waals surface area (Å²) >= 11 is 1.65. The molecule has 0 aliphatic carbocycles. The maximum absolute atomic E-state index is 12.9. The molecule has 0 N–H and O–H groups in total. The maximum Gasteiger partial charge on any atom is 0.257 e. The van der Waals surface area contributed by atoms with Gasteiger partial charge in [-0.3, -0.25) is 4.79 Å². The molecular formula is C18H24N4O2S. The van der Waals surface area contributed by atoms with Crippen LogP contribution in [0.4, 0.5) is 5.95 Å². The van der Waals surface area contributed by atoms with E-state index in [0.29, 0.717) is 43.7 Å². The number of hydrogen-bond acceptors (Lipinski definition) is 6. The first-order valence-corrected chi connectivity index (χ1v) is 9.53. The quantitative estimate of drug-likeness (QED) is 0.793. The minimum Gasteiger partial charge on any atom is -0.378 e. The number of ether oxygens (including phenoxy) is 1. The van der Waals surface area contributed by atoms with Gasteiger partial charge >= 0.3 is 0 Å². The van der Waals surface area contributed by atoms with Crippen LogP contribution in [0, 0.1) is 5.92 Å². The third-order valence-corrected chi connectivity index (χ3v) is 4.74. The van der Waals surface area contributed by atoms with Gasteiger partial charge in [-0.25, -0.2) is 9.97 Å². The first-order valence-electron chi connectivity index (χ1n) is 8.58. The van der Waals surface area contributed by atoms with Crippen molar-refractivity contribution in [2.75, 3.05) is 37.7 Å². The Labute approximate surface area is 152 Å². The molecule has 1 fully saturated rings. The second-order valence-electron chi connectivity index (χ2n) is 6.58. The van der Waals surface area contributed by atoms with E-state index >= 15 is 0 Å². The van der Waals surface area contributed by atoms with E-state index in [2.05, 4.69) is 40.2 Å². The second-order valence-corrected chi connectivity index (χ2v) is 7.36. The lowest BCUT2D eigenvalue weighted by Gasteiger charge is -2.27. The molecule has 0 atom stereocenters. The Morgan fingerprint density at radius 3 is 2.64 bits per heavy atom. The molecular weight excluding hydrogens is 336 g/mol. The highest BCUT2D eigenvalue weighted by Gasteiger charge is 2.20. The number of carbonyl (C=O) groups excluding carboxylic acids is 1. The molecule has 7 heteroatoms. The highest BCUT2D eigenvalue weighted by molar-refractivity contribution is 7.07. The fourth-order valence-corrected chi connectivity index (χ4v) is 3.46. The van der Waals surface area contributed by atoms with Gasteiger partial charge in [-0.2, -0.15) is 11.3 Å². The van der Waals surface area contributed by atoms with Gasteiger partial charge in [0.2, 0.25) is 5.95 Å². The molecule has 1 aliphatic heterocycles. The molecule has 0 radical (unpaired) electrons. The summed E-state index contributed by atoms with van der Waals surface area (Å²) in [7, 11) is 0. The van der Waals surface area contributed by atoms with Crippen LogP contribution >= 0.6 is 11.3 Å². The van der Waals surface area contributed by atoms with Gasteiger partial charge in [0.25, 0.3) is 5.91 Å². The Bertz CT molecular complexity index is 667. The number of morpholine rings is 1. The molecule has 0 bridgehead atoms. The van der Waals surface area contributed by atoms with E-state index in [1.54, 1.807) is 23.7 Å². The van der Waals surface area contributed by atoms with Gasteiger partial charge in [0.1, 0.15) is 0 Å². The fraction of sp³-hybridized carbons (Fsp3) is 0.500. The van der Waals surface area contributed by atoms with Crippen molar-refractivity contribution in [1.82, 2.24) is 14.9 Å². The fourth-order valence-electron chi connectivity index (χ4n) is 2.80. The normalized spacial score (nSPS) is 14.8. The van der Waals surface area contributed by atoms with Crippen molar-refractivity contribution in [1.29, 1.82) is 0 Å². The lowest BCUT2D eigenvalue weighted by atomic mass is 10.1. The highest BCUT2D eigenvalue weighted by Crippen LogP contribution is 2.15. The third-order valence-electron chi connectivity index (χ3n) is 4.01. The van der Waals surface area contributed by atoms with Crippen molar-refractivity contribution in [3.8, 4) is 0 Å². The Morgan fingerprint density at radius 1 is 1.32 bits per heavy atom. The zero-order chi connectivity index (χ0) is 17.6. The van der Waals surface area contributed by atoms with Crippen molar-refractivity contribution in [3.05, 3.63) is 40.3 Å². The highest BCUT2D eigenvalue weighted by atomic mass is 32.1. The monoisotopic (exact) mass is 360 g/mol. The molecule has 0 saturated carbocycles. The van der Waals surface area contributed by atoms with Crippen LogP contribution < -0.4 is 4.90 Å². The molecule has 0 spiro atoms. The summed E-state index contributed by atoms with van der Waals surface area (Å²) in [6.45, 7) is 8.50. The average Bonchev–Trinajstić information content (AvgIpc) is 3.14. The van der Waals surface area contributed by atoms with Crippen molar-refractivity contribution in [3.63, 3.8) is 0 Å². The second kappa shape index (κ2) is 8.40. The average molecular weight is 360 g/mol. The summed E-state index contributed by atoms with van der Waals surface area (Å²) in [4.78, 5) is 25.7. The van der Waals surface area contributed by atoms with Crippen molar-refractivity contribution in [2.24, 2.45) is 5.92 Å². The van der Waals surface area contributed by atoms with Gasteiger partial charge in [-0.15, -0.1) is 0 Å². The molecule has 1 saturated heterocycles. The summed E-state index contributed by atoms with van der Waals surface area (Å²) < 4.78 is 5.34. The van der Waals surface area contributed by atoms with Gasteiger partial charge in [0.05, 0.1) is 18.8 Å². The van der Waals surface area contributed by atoms with E-state index in [-0.39, 0.29) is 5.91 Å². The van der Waals surface area contributed by atoms with Crippen molar-refractivity contribution < 1.29 is 9.53 Å². The topological polar surface area (TPSA) is 58.6 Å². The zero-order valence-corrected chi connectivity index (χ0v) is 15.5. The Kier molecular flexibility index (Phi) is 5.99. The number of anilines is 1. The van der Waals surface area contributed by atoms with E-state index in [9.17, 15) is 4.79 Å². The minimum absolute atomic E-state index is 0.0200. The lowest BCUT2D eigenvalue weighted by molar-refractivity contribution is 0.0722. The van der Waals surface area contributed by atoms with E-state index in [4.69, 9.17) is 4.74 Å². The summed E-state index contributed by atoms with van der Waals surface area (Å²) in [6, 6.07) is 2.06. The largest absolute Gasteiger partial charge is 0.378 e. The third kappa shape index (κ3) is 4.76. The summed E-state index contributed by atoms with van der Waals surface area (Å²) in [5.41, 5.74) is 1.69. The number of rotatable bonds is 6. The van der Waals surface area contributed by atoms with Gasteiger partial charge in [0, 0.05) is 38.6 Å². The van der Waals surface area contributed by atoms with E-state index < -0.39 is 0 Å². The summed E-state index contributed by atoms with van der Waals surface area (Å²) in [5.74, 6) is 1.04. The van der Waals surface area contributed by atoms with Gasteiger partial charge in [-0.05, 0) is 28.3 Å². The molecule has 2 aromatic rings. The SMILES string of the molecule is CC(C)CN(Cc1ccsc1)C(=O)c1cnc(N2CCOCC2)nc1. The molecule has 3 heterocycles. The molecule has 6 nitrogen and oxygen atoms in total. The number of hydrogen-bond donors (Lipinski definition) is 0. The predicted octanol–water partition coefficient (Wildman–Crippen LogP) is 2.67. The predicted molar refractivity (Wildman–Crippen MR) is 99.0 cm³/mol. The molecule has 0 unspecified atom stereocenters. The van der Waals surface area contributed by atoms with Crippen molar-refractivity contribution >= 4 is 23.2 Å². The van der Waals surface area contributed by atoms with E-state index in [0.717, 1.165) is 18.7 Å². The Balaban J connectivity index is 1.71. The van der Waals surface area contributed by atoms with E-state index in [1.807, 2.05) is 10.3 Å². The zero-order valence-electron chi connectivity index (χ0n) is 14.7. The maximum atomic E-state index is 12.9. The standard InChI is InChI=1S/C18H24N4O2S/c1-14(2)11-22(12-15-3-8-25-13-15)17(23)16-9-19-18(20-10-16)21-4-6-24-7-5-21/h3,8-10,13-14H,4-7,11-12H2,1-2H3. The van der Waals surface area contributed by atoms with Crippen LogP contribution in [0.3, 0.4) is 0 Å². The van der Waals surface area contributed by atoms with Crippen LogP contribution in [0.5, 0.6) is 0 Å². The molecule has 3 rings (SSSR count). The van der Waals surface area contributed by atoms with Crippen LogP contribution in [0.1, 0.15) is 29.8 Å². The number of nitrogens with zero attached hydrogens (tertiary/aromatic N) is 4. The lowest BCUT2D eigenvalue weighted by Crippen LogP contribution is -2.37. The number of amides is 1.